The Morgan fingerprint density at radius 2 is 1.94 bits per heavy atom. The summed E-state index contributed by atoms with van der Waals surface area (Å²) in [6, 6.07) is 12.7. The first-order valence-electron chi connectivity index (χ1n) is 11.9. The first-order chi connectivity index (χ1) is 15.6. The molecule has 166 valence electrons. The summed E-state index contributed by atoms with van der Waals surface area (Å²) < 4.78 is 0. The van der Waals surface area contributed by atoms with Crippen molar-refractivity contribution in [2.24, 2.45) is 5.92 Å². The van der Waals surface area contributed by atoms with E-state index in [0.717, 1.165) is 74.0 Å². The Morgan fingerprint density at radius 3 is 2.72 bits per heavy atom. The second kappa shape index (κ2) is 8.99. The minimum atomic E-state index is 0.184. The van der Waals surface area contributed by atoms with Gasteiger partial charge in [0.2, 0.25) is 0 Å². The summed E-state index contributed by atoms with van der Waals surface area (Å²) in [5.41, 5.74) is 5.41. The predicted octanol–water partition coefficient (Wildman–Crippen LogP) is 4.49. The molecule has 5 heteroatoms. The van der Waals surface area contributed by atoms with E-state index in [1.807, 2.05) is 41.6 Å². The van der Waals surface area contributed by atoms with Gasteiger partial charge in [-0.2, -0.15) is 0 Å². The molecule has 1 amide bonds. The highest BCUT2D eigenvalue weighted by Crippen LogP contribution is 2.32. The van der Waals surface area contributed by atoms with Crippen molar-refractivity contribution >= 4 is 16.8 Å². The van der Waals surface area contributed by atoms with Gasteiger partial charge in [-0.05, 0) is 54.9 Å². The first-order valence-corrected chi connectivity index (χ1v) is 11.9. The maximum absolute atomic E-state index is 13.7. The van der Waals surface area contributed by atoms with Crippen LogP contribution in [0.15, 0.2) is 48.8 Å². The number of hydrogen-bond donors (Lipinski definition) is 0. The van der Waals surface area contributed by atoms with Gasteiger partial charge in [-0.15, -0.1) is 0 Å². The Bertz CT molecular complexity index is 1110. The summed E-state index contributed by atoms with van der Waals surface area (Å²) in [6.07, 6.45) is 8.02. The first kappa shape index (κ1) is 21.1. The van der Waals surface area contributed by atoms with Crippen LogP contribution in [0.5, 0.6) is 0 Å². The van der Waals surface area contributed by atoms with Gasteiger partial charge < -0.3 is 4.90 Å². The molecule has 3 aromatic rings. The van der Waals surface area contributed by atoms with E-state index in [4.69, 9.17) is 4.98 Å². The minimum absolute atomic E-state index is 0.184. The quantitative estimate of drug-likeness (QED) is 0.580. The van der Waals surface area contributed by atoms with E-state index in [1.165, 1.54) is 11.1 Å². The number of amides is 1. The summed E-state index contributed by atoms with van der Waals surface area (Å²) in [4.78, 5) is 27.5. The van der Waals surface area contributed by atoms with Gasteiger partial charge in [0.25, 0.3) is 5.91 Å². The van der Waals surface area contributed by atoms with E-state index in [0.29, 0.717) is 12.0 Å². The Kier molecular flexibility index (Phi) is 5.92. The monoisotopic (exact) mass is 428 g/mol. The lowest BCUT2D eigenvalue weighted by atomic mass is 9.88. The molecule has 1 aliphatic heterocycles. The molecule has 32 heavy (non-hydrogen) atoms. The zero-order valence-electron chi connectivity index (χ0n) is 19.1. The maximum Gasteiger partial charge on any atom is 0.255 e. The maximum atomic E-state index is 13.7. The number of pyridine rings is 2. The second-order valence-corrected chi connectivity index (χ2v) is 9.68. The third-order valence-corrected chi connectivity index (χ3v) is 6.76. The molecule has 0 radical (unpaired) electrons. The molecule has 0 saturated carbocycles. The number of likely N-dealkylation sites (tertiary alicyclic amines) is 1. The van der Waals surface area contributed by atoms with E-state index in [1.54, 1.807) is 0 Å². The average Bonchev–Trinajstić information content (AvgIpc) is 2.76. The summed E-state index contributed by atoms with van der Waals surface area (Å²) in [5, 5.41) is 1.01. The molecular weight excluding hydrogens is 396 g/mol. The Morgan fingerprint density at radius 1 is 1.12 bits per heavy atom. The molecule has 2 aromatic heterocycles. The fourth-order valence-corrected chi connectivity index (χ4v) is 5.16. The normalized spacial score (nSPS) is 16.4. The van der Waals surface area contributed by atoms with Crippen molar-refractivity contribution in [3.8, 4) is 0 Å². The molecule has 2 aliphatic rings. The molecule has 1 aliphatic carbocycles. The minimum Gasteiger partial charge on any atom is -0.335 e. The van der Waals surface area contributed by atoms with Crippen LogP contribution in [0.2, 0.25) is 0 Å². The topological polar surface area (TPSA) is 49.3 Å². The van der Waals surface area contributed by atoms with Gasteiger partial charge in [0, 0.05) is 55.7 Å². The molecule has 3 heterocycles. The van der Waals surface area contributed by atoms with Gasteiger partial charge in [-0.25, -0.2) is 0 Å². The molecule has 0 N–H and O–H groups in total. The molecule has 1 fully saturated rings. The average molecular weight is 429 g/mol. The number of rotatable bonds is 6. The zero-order chi connectivity index (χ0) is 22.1. The van der Waals surface area contributed by atoms with Crippen LogP contribution in [0.4, 0.5) is 0 Å². The molecule has 5 nitrogen and oxygen atoms in total. The van der Waals surface area contributed by atoms with Crippen LogP contribution >= 0.6 is 0 Å². The summed E-state index contributed by atoms with van der Waals surface area (Å²) >= 11 is 0. The van der Waals surface area contributed by atoms with E-state index >= 15 is 0 Å². The smallest absolute Gasteiger partial charge is 0.255 e. The summed E-state index contributed by atoms with van der Waals surface area (Å²) in [5.74, 6) is 0.761. The van der Waals surface area contributed by atoms with Crippen molar-refractivity contribution in [2.45, 2.75) is 52.1 Å². The van der Waals surface area contributed by atoms with Crippen LogP contribution in [0.1, 0.15) is 53.9 Å². The van der Waals surface area contributed by atoms with Gasteiger partial charge in [-0.1, -0.05) is 38.1 Å². The lowest BCUT2D eigenvalue weighted by Gasteiger charge is -2.46. The van der Waals surface area contributed by atoms with E-state index < -0.39 is 0 Å². The molecule has 0 spiro atoms. The molecule has 0 atom stereocenters. The lowest BCUT2D eigenvalue weighted by Crippen LogP contribution is -2.61. The van der Waals surface area contributed by atoms with Crippen molar-refractivity contribution < 1.29 is 4.79 Å². The van der Waals surface area contributed by atoms with Crippen LogP contribution < -0.4 is 0 Å². The third kappa shape index (κ3) is 4.14. The highest BCUT2D eigenvalue weighted by molar-refractivity contribution is 6.08. The summed E-state index contributed by atoms with van der Waals surface area (Å²) in [6.45, 7) is 8.00. The van der Waals surface area contributed by atoms with Crippen molar-refractivity contribution in [3.63, 3.8) is 0 Å². The largest absolute Gasteiger partial charge is 0.335 e. The molecule has 0 bridgehead atoms. The number of fused-ring (bicyclic) bond motifs is 2. The summed E-state index contributed by atoms with van der Waals surface area (Å²) in [7, 11) is 0. The number of para-hydroxylation sites is 1. The van der Waals surface area contributed by atoms with Crippen LogP contribution in [0.3, 0.4) is 0 Å². The van der Waals surface area contributed by atoms with Gasteiger partial charge in [0.15, 0.2) is 0 Å². The highest BCUT2D eigenvalue weighted by Gasteiger charge is 2.37. The zero-order valence-corrected chi connectivity index (χ0v) is 19.1. The second-order valence-electron chi connectivity index (χ2n) is 9.68. The van der Waals surface area contributed by atoms with Crippen LogP contribution in [-0.2, 0) is 19.4 Å². The van der Waals surface area contributed by atoms with Crippen molar-refractivity contribution in [2.75, 3.05) is 19.6 Å². The predicted molar refractivity (Wildman–Crippen MR) is 128 cm³/mol. The molecule has 0 unspecified atom stereocenters. The van der Waals surface area contributed by atoms with Crippen LogP contribution in [0, 0.1) is 5.92 Å². The van der Waals surface area contributed by atoms with E-state index in [2.05, 4.69) is 35.9 Å². The van der Waals surface area contributed by atoms with Gasteiger partial charge in [0.1, 0.15) is 0 Å². The van der Waals surface area contributed by atoms with Crippen molar-refractivity contribution in [1.82, 2.24) is 19.8 Å². The Labute approximate surface area is 190 Å². The molecule has 5 rings (SSSR count). The lowest BCUT2D eigenvalue weighted by molar-refractivity contribution is 0.0197. The Balaban J connectivity index is 1.37. The fraction of sp³-hybridized carbons (Fsp3) is 0.444. The molecule has 1 aromatic carbocycles. The van der Waals surface area contributed by atoms with Crippen LogP contribution in [0.25, 0.3) is 10.9 Å². The standard InChI is InChI=1S/C27H32N4O/c1-19(2)15-30(16-20-8-7-13-28-14-20)21-17-31(18-21)27(32)26-22-9-3-5-11-24(22)29-25-12-6-4-10-23(25)26/h3,5,7-9,11,13-14,19,21H,4,6,10,12,15-18H2,1-2H3. The SMILES string of the molecule is CC(C)CN(Cc1cccnc1)C1CN(C(=O)c2c3c(nc4ccccc24)CCCC3)C1. The number of aryl methyl sites for hydroxylation is 1. The number of carbonyl (C=O) groups excluding carboxylic acids is 1. The third-order valence-electron chi connectivity index (χ3n) is 6.76. The number of nitrogens with zero attached hydrogens (tertiary/aromatic N) is 4. The number of aromatic nitrogens is 2. The van der Waals surface area contributed by atoms with Gasteiger partial charge in [0.05, 0.1) is 11.1 Å². The number of carbonyl (C=O) groups is 1. The van der Waals surface area contributed by atoms with Gasteiger partial charge in [-0.3, -0.25) is 19.7 Å². The van der Waals surface area contributed by atoms with E-state index in [9.17, 15) is 4.79 Å². The van der Waals surface area contributed by atoms with Gasteiger partial charge >= 0.3 is 0 Å². The highest BCUT2D eigenvalue weighted by atomic mass is 16.2. The number of benzene rings is 1. The number of hydrogen-bond acceptors (Lipinski definition) is 4. The van der Waals surface area contributed by atoms with Crippen molar-refractivity contribution in [1.29, 1.82) is 0 Å². The van der Waals surface area contributed by atoms with E-state index in [-0.39, 0.29) is 5.91 Å². The molecule has 1 saturated heterocycles. The van der Waals surface area contributed by atoms with Crippen molar-refractivity contribution in [3.05, 3.63) is 71.2 Å². The fourth-order valence-electron chi connectivity index (χ4n) is 5.16. The molecular formula is C27H32N4O. The Hall–Kier alpha value is -2.79. The van der Waals surface area contributed by atoms with Crippen LogP contribution in [-0.4, -0.2) is 51.4 Å².